The van der Waals surface area contributed by atoms with E-state index in [1.807, 2.05) is 13.0 Å². The Morgan fingerprint density at radius 2 is 1.83 bits per heavy atom. The van der Waals surface area contributed by atoms with Crippen LogP contribution in [0.1, 0.15) is 62.5 Å². The predicted octanol–water partition coefficient (Wildman–Crippen LogP) is 2.60. The molecule has 2 aliphatic rings. The number of fused-ring (bicyclic) bond motifs is 3. The number of aromatic amines is 1. The van der Waals surface area contributed by atoms with Crippen LogP contribution in [0.5, 0.6) is 0 Å². The minimum absolute atomic E-state index is 0.135. The summed E-state index contributed by atoms with van der Waals surface area (Å²) in [6.07, 6.45) is 1.44. The molecule has 180 valence electrons. The molecule has 0 aliphatic carbocycles. The zero-order valence-electron chi connectivity index (χ0n) is 19.4. The summed E-state index contributed by atoms with van der Waals surface area (Å²) in [6, 6.07) is 12.0. The highest BCUT2D eigenvalue weighted by atomic mass is 16.2. The van der Waals surface area contributed by atoms with E-state index in [0.717, 1.165) is 22.9 Å². The van der Waals surface area contributed by atoms with E-state index in [4.69, 9.17) is 5.73 Å². The molecular formula is C26H27N5O4. The summed E-state index contributed by atoms with van der Waals surface area (Å²) in [5.41, 5.74) is 9.23. The number of amides is 4. The zero-order chi connectivity index (χ0) is 24.7. The maximum atomic E-state index is 12.9. The number of hydrogen-bond donors (Lipinski definition) is 4. The summed E-state index contributed by atoms with van der Waals surface area (Å²) >= 11 is 0. The number of piperidine rings is 1. The van der Waals surface area contributed by atoms with E-state index in [0.29, 0.717) is 48.6 Å². The lowest BCUT2D eigenvalue weighted by atomic mass is 9.93. The second kappa shape index (κ2) is 8.90. The topological polar surface area (TPSA) is 137 Å². The van der Waals surface area contributed by atoms with Crippen molar-refractivity contribution in [1.29, 1.82) is 0 Å². The molecule has 0 radical (unpaired) electrons. The smallest absolute Gasteiger partial charge is 0.268 e. The fraction of sp³-hybridized carbons (Fsp3) is 0.308. The van der Waals surface area contributed by atoms with E-state index in [1.165, 1.54) is 0 Å². The van der Waals surface area contributed by atoms with Crippen molar-refractivity contribution in [1.82, 2.24) is 15.2 Å². The van der Waals surface area contributed by atoms with Gasteiger partial charge in [-0.2, -0.15) is 0 Å². The third kappa shape index (κ3) is 4.25. The molecule has 2 aliphatic heterocycles. The van der Waals surface area contributed by atoms with Crippen LogP contribution in [0.25, 0.3) is 10.9 Å². The summed E-state index contributed by atoms with van der Waals surface area (Å²) in [4.78, 5) is 54.3. The Balaban J connectivity index is 1.30. The van der Waals surface area contributed by atoms with Crippen LogP contribution in [0.3, 0.4) is 0 Å². The third-order valence-corrected chi connectivity index (χ3v) is 6.89. The number of benzene rings is 2. The highest BCUT2D eigenvalue weighted by Gasteiger charge is 2.28. The molecule has 2 atom stereocenters. The van der Waals surface area contributed by atoms with Crippen LogP contribution in [-0.2, 0) is 4.79 Å². The van der Waals surface area contributed by atoms with Crippen molar-refractivity contribution in [3.63, 3.8) is 0 Å². The van der Waals surface area contributed by atoms with Crippen molar-refractivity contribution < 1.29 is 19.2 Å². The van der Waals surface area contributed by atoms with Gasteiger partial charge in [-0.05, 0) is 60.9 Å². The van der Waals surface area contributed by atoms with Crippen LogP contribution in [0.2, 0.25) is 0 Å². The largest absolute Gasteiger partial charge is 0.369 e. The Morgan fingerprint density at radius 3 is 2.57 bits per heavy atom. The van der Waals surface area contributed by atoms with Crippen molar-refractivity contribution in [3.8, 4) is 0 Å². The number of nitrogens with one attached hydrogen (secondary N) is 3. The molecule has 1 fully saturated rings. The van der Waals surface area contributed by atoms with Gasteiger partial charge in [0.15, 0.2) is 0 Å². The summed E-state index contributed by atoms with van der Waals surface area (Å²) < 4.78 is 0. The number of nitrogens with zero attached hydrogens (tertiary/aromatic N) is 1. The fourth-order valence-electron chi connectivity index (χ4n) is 4.96. The van der Waals surface area contributed by atoms with E-state index in [-0.39, 0.29) is 35.5 Å². The normalized spacial score (nSPS) is 19.7. The molecule has 35 heavy (non-hydrogen) atoms. The second-order valence-electron chi connectivity index (χ2n) is 9.31. The molecule has 5 N–H and O–H groups in total. The van der Waals surface area contributed by atoms with Gasteiger partial charge in [-0.1, -0.05) is 6.92 Å². The van der Waals surface area contributed by atoms with Crippen LogP contribution in [0, 0.1) is 5.92 Å². The first-order valence-electron chi connectivity index (χ1n) is 11.8. The molecule has 2 aromatic carbocycles. The lowest BCUT2D eigenvalue weighted by Crippen LogP contribution is -2.44. The molecule has 1 saturated heterocycles. The van der Waals surface area contributed by atoms with Gasteiger partial charge in [-0.3, -0.25) is 19.2 Å². The Kier molecular flexibility index (Phi) is 5.76. The minimum atomic E-state index is -0.378. The number of H-pyrrole nitrogens is 1. The van der Waals surface area contributed by atoms with Gasteiger partial charge in [0.25, 0.3) is 17.7 Å². The van der Waals surface area contributed by atoms with Gasteiger partial charge >= 0.3 is 0 Å². The number of hydrogen-bond acceptors (Lipinski definition) is 4. The van der Waals surface area contributed by atoms with Crippen LogP contribution in [0.15, 0.2) is 42.5 Å². The van der Waals surface area contributed by atoms with E-state index < -0.39 is 0 Å². The van der Waals surface area contributed by atoms with Crippen molar-refractivity contribution >= 4 is 40.2 Å². The molecule has 5 rings (SSSR count). The number of likely N-dealkylation sites (tertiary alicyclic amines) is 1. The highest BCUT2D eigenvalue weighted by molar-refractivity contribution is 6.09. The monoisotopic (exact) mass is 473 g/mol. The molecule has 9 heteroatoms. The average molecular weight is 474 g/mol. The van der Waals surface area contributed by atoms with E-state index >= 15 is 0 Å². The molecule has 2 unspecified atom stereocenters. The second-order valence-corrected chi connectivity index (χ2v) is 9.31. The van der Waals surface area contributed by atoms with E-state index in [2.05, 4.69) is 15.6 Å². The number of primary amides is 1. The van der Waals surface area contributed by atoms with Crippen molar-refractivity contribution in [2.75, 3.05) is 25.0 Å². The molecule has 9 nitrogen and oxygen atoms in total. The lowest BCUT2D eigenvalue weighted by Gasteiger charge is -2.31. The molecule has 0 spiro atoms. The lowest BCUT2D eigenvalue weighted by molar-refractivity contribution is -0.123. The fourth-order valence-corrected chi connectivity index (χ4v) is 4.96. The van der Waals surface area contributed by atoms with Gasteiger partial charge in [-0.25, -0.2) is 0 Å². The molecular weight excluding hydrogens is 446 g/mol. The zero-order valence-corrected chi connectivity index (χ0v) is 19.4. The maximum absolute atomic E-state index is 12.9. The standard InChI is InChI=1S/C26H27N5O4/c1-14-12-28-25(34)22-21(14)19-11-16(6-9-20(19)30-22)24(33)29-18-7-4-15(5-8-18)26(35)31-10-2-3-17(13-31)23(27)32/h4-9,11,14,17,30H,2-3,10,12-13H2,1H3,(H2,27,32)(H,28,34)(H,29,33). The van der Waals surface area contributed by atoms with Gasteiger partial charge in [-0.15, -0.1) is 0 Å². The Hall–Kier alpha value is -4.14. The number of rotatable bonds is 4. The minimum Gasteiger partial charge on any atom is -0.369 e. The Labute approximate surface area is 202 Å². The van der Waals surface area contributed by atoms with Crippen molar-refractivity contribution in [2.24, 2.45) is 11.7 Å². The third-order valence-electron chi connectivity index (χ3n) is 6.89. The summed E-state index contributed by atoms with van der Waals surface area (Å²) in [5, 5.41) is 6.60. The molecule has 4 amide bonds. The van der Waals surface area contributed by atoms with Gasteiger partial charge in [0, 0.05) is 53.3 Å². The van der Waals surface area contributed by atoms with E-state index in [1.54, 1.807) is 41.3 Å². The number of anilines is 1. The van der Waals surface area contributed by atoms with Gasteiger partial charge in [0.2, 0.25) is 5.91 Å². The maximum Gasteiger partial charge on any atom is 0.268 e. The highest BCUT2D eigenvalue weighted by Crippen LogP contribution is 2.32. The van der Waals surface area contributed by atoms with Gasteiger partial charge < -0.3 is 26.3 Å². The van der Waals surface area contributed by atoms with Crippen molar-refractivity contribution in [3.05, 3.63) is 64.8 Å². The van der Waals surface area contributed by atoms with Crippen LogP contribution in [-0.4, -0.2) is 53.1 Å². The molecule has 0 saturated carbocycles. The van der Waals surface area contributed by atoms with Gasteiger partial charge in [0.05, 0.1) is 5.92 Å². The van der Waals surface area contributed by atoms with Crippen LogP contribution in [0.4, 0.5) is 5.69 Å². The number of carbonyl (C=O) groups is 4. The molecule has 3 aromatic rings. The summed E-state index contributed by atoms with van der Waals surface area (Å²) in [7, 11) is 0. The predicted molar refractivity (Wildman–Crippen MR) is 131 cm³/mol. The first kappa shape index (κ1) is 22.6. The quantitative estimate of drug-likeness (QED) is 0.463. The first-order valence-corrected chi connectivity index (χ1v) is 11.8. The van der Waals surface area contributed by atoms with Crippen LogP contribution >= 0.6 is 0 Å². The van der Waals surface area contributed by atoms with E-state index in [9.17, 15) is 19.2 Å². The first-order chi connectivity index (χ1) is 16.8. The number of nitrogens with two attached hydrogens (primary N) is 1. The summed E-state index contributed by atoms with van der Waals surface area (Å²) in [5.74, 6) is -1.13. The number of aromatic nitrogens is 1. The number of carbonyl (C=O) groups excluding carboxylic acids is 4. The van der Waals surface area contributed by atoms with Gasteiger partial charge in [0.1, 0.15) is 5.69 Å². The average Bonchev–Trinajstić information content (AvgIpc) is 3.26. The van der Waals surface area contributed by atoms with Crippen molar-refractivity contribution in [2.45, 2.75) is 25.7 Å². The van der Waals surface area contributed by atoms with Crippen LogP contribution < -0.4 is 16.4 Å². The summed E-state index contributed by atoms with van der Waals surface area (Å²) in [6.45, 7) is 3.52. The Bertz CT molecular complexity index is 1340. The molecule has 1 aromatic heterocycles. The molecule has 3 heterocycles. The SMILES string of the molecule is CC1CNC(=O)c2[nH]c3ccc(C(=O)Nc4ccc(C(=O)N5CCCC(C(N)=O)C5)cc4)cc3c21. The molecule has 0 bridgehead atoms. The Morgan fingerprint density at radius 1 is 1.09 bits per heavy atom.